The van der Waals surface area contributed by atoms with Gasteiger partial charge in [0.05, 0.1) is 24.8 Å². The van der Waals surface area contributed by atoms with Crippen LogP contribution in [-0.4, -0.2) is 47.4 Å². The predicted octanol–water partition coefficient (Wildman–Crippen LogP) is 2.55. The molecule has 2 aromatic heterocycles. The molecule has 0 amide bonds. The van der Waals surface area contributed by atoms with Crippen molar-refractivity contribution in [1.82, 2.24) is 20.4 Å². The SMILES string of the molecule is Cc1nnc([C@H](C)NC[C@H](c2cccs2)N2CCO[C@@H](C)C2)o1. The largest absolute Gasteiger partial charge is 0.424 e. The molecule has 7 heteroatoms. The lowest BCUT2D eigenvalue weighted by Crippen LogP contribution is -2.45. The van der Waals surface area contributed by atoms with Gasteiger partial charge in [-0.1, -0.05) is 6.07 Å². The normalized spacial score (nSPS) is 22.1. The number of aryl methyl sites for hydroxylation is 1. The minimum absolute atomic E-state index is 0.0390. The first-order chi connectivity index (χ1) is 11.1. The Bertz CT molecular complexity index is 601. The van der Waals surface area contributed by atoms with Crippen LogP contribution >= 0.6 is 11.3 Å². The van der Waals surface area contributed by atoms with Crippen LogP contribution in [0.2, 0.25) is 0 Å². The Hall–Kier alpha value is -1.28. The molecule has 0 aromatic carbocycles. The third-order valence-electron chi connectivity index (χ3n) is 4.11. The van der Waals surface area contributed by atoms with E-state index in [9.17, 15) is 0 Å². The van der Waals surface area contributed by atoms with Crippen LogP contribution in [0.15, 0.2) is 21.9 Å². The topological polar surface area (TPSA) is 63.4 Å². The van der Waals surface area contributed by atoms with Crippen LogP contribution in [0.5, 0.6) is 0 Å². The van der Waals surface area contributed by atoms with E-state index in [4.69, 9.17) is 9.15 Å². The van der Waals surface area contributed by atoms with Crippen LogP contribution in [0.4, 0.5) is 0 Å². The van der Waals surface area contributed by atoms with Gasteiger partial charge in [0.2, 0.25) is 11.8 Å². The van der Waals surface area contributed by atoms with E-state index in [0.29, 0.717) is 17.8 Å². The molecular formula is C16H24N4O2S. The summed E-state index contributed by atoms with van der Waals surface area (Å²) in [5.74, 6) is 1.24. The smallest absolute Gasteiger partial charge is 0.233 e. The van der Waals surface area contributed by atoms with Crippen molar-refractivity contribution in [1.29, 1.82) is 0 Å². The zero-order chi connectivity index (χ0) is 16.2. The molecule has 2 aromatic rings. The van der Waals surface area contributed by atoms with E-state index in [1.807, 2.05) is 6.92 Å². The molecule has 126 valence electrons. The van der Waals surface area contributed by atoms with Crippen LogP contribution in [0, 0.1) is 6.92 Å². The van der Waals surface area contributed by atoms with Crippen molar-refractivity contribution in [2.24, 2.45) is 0 Å². The van der Waals surface area contributed by atoms with Gasteiger partial charge in [-0.05, 0) is 25.3 Å². The summed E-state index contributed by atoms with van der Waals surface area (Å²) in [6, 6.07) is 4.70. The Morgan fingerprint density at radius 3 is 3.00 bits per heavy atom. The monoisotopic (exact) mass is 336 g/mol. The molecular weight excluding hydrogens is 312 g/mol. The number of morpholine rings is 1. The maximum Gasteiger partial charge on any atom is 0.233 e. The molecule has 0 saturated carbocycles. The number of aromatic nitrogens is 2. The fourth-order valence-corrected chi connectivity index (χ4v) is 3.74. The maximum atomic E-state index is 5.68. The highest BCUT2D eigenvalue weighted by atomic mass is 32.1. The molecule has 0 spiro atoms. The molecule has 0 bridgehead atoms. The van der Waals surface area contributed by atoms with E-state index >= 15 is 0 Å². The van der Waals surface area contributed by atoms with E-state index in [1.165, 1.54) is 4.88 Å². The molecule has 6 nitrogen and oxygen atoms in total. The second kappa shape index (κ2) is 7.53. The summed E-state index contributed by atoms with van der Waals surface area (Å²) in [5, 5.41) is 13.7. The Balaban J connectivity index is 1.66. The Morgan fingerprint density at radius 2 is 2.35 bits per heavy atom. The predicted molar refractivity (Wildman–Crippen MR) is 89.5 cm³/mol. The Kier molecular flexibility index (Phi) is 5.42. The molecule has 0 radical (unpaired) electrons. The zero-order valence-corrected chi connectivity index (χ0v) is 14.7. The number of nitrogens with zero attached hydrogens (tertiary/aromatic N) is 3. The van der Waals surface area contributed by atoms with E-state index in [-0.39, 0.29) is 12.1 Å². The lowest BCUT2D eigenvalue weighted by atomic mass is 10.1. The highest BCUT2D eigenvalue weighted by molar-refractivity contribution is 7.10. The van der Waals surface area contributed by atoms with Gasteiger partial charge in [-0.25, -0.2) is 0 Å². The summed E-state index contributed by atoms with van der Waals surface area (Å²) < 4.78 is 11.2. The molecule has 0 aliphatic carbocycles. The number of hydrogen-bond acceptors (Lipinski definition) is 7. The van der Waals surface area contributed by atoms with E-state index < -0.39 is 0 Å². The van der Waals surface area contributed by atoms with Gasteiger partial charge in [0, 0.05) is 31.4 Å². The van der Waals surface area contributed by atoms with Gasteiger partial charge in [-0.3, -0.25) is 4.90 Å². The molecule has 3 atom stereocenters. The summed E-state index contributed by atoms with van der Waals surface area (Å²) in [5.41, 5.74) is 0. The molecule has 1 aliphatic heterocycles. The third kappa shape index (κ3) is 4.17. The second-order valence-electron chi connectivity index (χ2n) is 6.00. The first-order valence-corrected chi connectivity index (χ1v) is 8.94. The van der Waals surface area contributed by atoms with Gasteiger partial charge < -0.3 is 14.5 Å². The summed E-state index contributed by atoms with van der Waals surface area (Å²) in [6.07, 6.45) is 0.280. The average Bonchev–Trinajstić information content (AvgIpc) is 3.19. The first kappa shape index (κ1) is 16.6. The van der Waals surface area contributed by atoms with E-state index in [2.05, 4.69) is 51.8 Å². The molecule has 3 rings (SSSR count). The van der Waals surface area contributed by atoms with Gasteiger partial charge >= 0.3 is 0 Å². The highest BCUT2D eigenvalue weighted by Gasteiger charge is 2.27. The van der Waals surface area contributed by atoms with Gasteiger partial charge in [-0.2, -0.15) is 0 Å². The van der Waals surface area contributed by atoms with Crippen molar-refractivity contribution in [2.75, 3.05) is 26.2 Å². The van der Waals surface area contributed by atoms with Gasteiger partial charge in [0.15, 0.2) is 0 Å². The minimum atomic E-state index is 0.0390. The zero-order valence-electron chi connectivity index (χ0n) is 13.9. The van der Waals surface area contributed by atoms with Gasteiger partial charge in [-0.15, -0.1) is 21.5 Å². The van der Waals surface area contributed by atoms with Crippen molar-refractivity contribution in [3.8, 4) is 0 Å². The fourth-order valence-electron chi connectivity index (χ4n) is 2.88. The van der Waals surface area contributed by atoms with Crippen molar-refractivity contribution >= 4 is 11.3 Å². The number of rotatable bonds is 6. The summed E-state index contributed by atoms with van der Waals surface area (Å²) in [6.45, 7) is 9.56. The number of ether oxygens (including phenoxy) is 1. The Labute approximate surface area is 140 Å². The van der Waals surface area contributed by atoms with Crippen molar-refractivity contribution in [3.05, 3.63) is 34.2 Å². The number of hydrogen-bond donors (Lipinski definition) is 1. The van der Waals surface area contributed by atoms with Crippen LogP contribution in [-0.2, 0) is 4.74 Å². The molecule has 0 unspecified atom stereocenters. The third-order valence-corrected chi connectivity index (χ3v) is 5.09. The van der Waals surface area contributed by atoms with Crippen LogP contribution in [0.25, 0.3) is 0 Å². The molecule has 1 saturated heterocycles. The van der Waals surface area contributed by atoms with Crippen molar-refractivity contribution < 1.29 is 9.15 Å². The maximum absolute atomic E-state index is 5.68. The molecule has 23 heavy (non-hydrogen) atoms. The number of nitrogens with one attached hydrogen (secondary N) is 1. The summed E-state index contributed by atoms with van der Waals surface area (Å²) >= 11 is 1.80. The van der Waals surface area contributed by atoms with Gasteiger partial charge in [0.1, 0.15) is 0 Å². The lowest BCUT2D eigenvalue weighted by molar-refractivity contribution is -0.0342. The Morgan fingerprint density at radius 1 is 1.48 bits per heavy atom. The summed E-state index contributed by atoms with van der Waals surface area (Å²) in [4.78, 5) is 3.87. The van der Waals surface area contributed by atoms with Crippen molar-refractivity contribution in [3.63, 3.8) is 0 Å². The first-order valence-electron chi connectivity index (χ1n) is 8.06. The van der Waals surface area contributed by atoms with E-state index in [1.54, 1.807) is 11.3 Å². The lowest BCUT2D eigenvalue weighted by Gasteiger charge is -2.37. The molecule has 1 N–H and O–H groups in total. The van der Waals surface area contributed by atoms with Crippen LogP contribution < -0.4 is 5.32 Å². The van der Waals surface area contributed by atoms with Gasteiger partial charge in [0.25, 0.3) is 0 Å². The second-order valence-corrected chi connectivity index (χ2v) is 6.98. The van der Waals surface area contributed by atoms with Crippen LogP contribution in [0.1, 0.15) is 42.6 Å². The van der Waals surface area contributed by atoms with E-state index in [0.717, 1.165) is 26.2 Å². The number of thiophene rings is 1. The quantitative estimate of drug-likeness (QED) is 0.875. The fraction of sp³-hybridized carbons (Fsp3) is 0.625. The summed E-state index contributed by atoms with van der Waals surface area (Å²) in [7, 11) is 0. The average molecular weight is 336 g/mol. The minimum Gasteiger partial charge on any atom is -0.424 e. The molecule has 1 fully saturated rings. The highest BCUT2D eigenvalue weighted by Crippen LogP contribution is 2.27. The standard InChI is InChI=1S/C16H24N4O2S/c1-11-10-20(6-7-21-11)14(15-5-4-8-23-15)9-17-12(2)16-19-18-13(3)22-16/h4-5,8,11-12,14,17H,6-7,9-10H2,1-3H3/t11-,12-,14+/m0/s1. The molecule has 1 aliphatic rings. The molecule has 3 heterocycles. The van der Waals surface area contributed by atoms with Crippen LogP contribution in [0.3, 0.4) is 0 Å². The van der Waals surface area contributed by atoms with Crippen molar-refractivity contribution in [2.45, 2.75) is 39.0 Å².